The van der Waals surface area contributed by atoms with Gasteiger partial charge in [-0.2, -0.15) is 0 Å². The minimum absolute atomic E-state index is 0.182. The van der Waals surface area contributed by atoms with E-state index in [1.807, 2.05) is 21.1 Å². The second-order valence-electron chi connectivity index (χ2n) is 17.7. The summed E-state index contributed by atoms with van der Waals surface area (Å²) >= 11 is 0. The van der Waals surface area contributed by atoms with E-state index in [1.165, 1.54) is 77.0 Å². The van der Waals surface area contributed by atoms with Gasteiger partial charge in [0.05, 0.1) is 34.4 Å². The molecule has 2 unspecified atom stereocenters. The Kier molecular flexibility index (Phi) is 42.4. The van der Waals surface area contributed by atoms with Gasteiger partial charge >= 0.3 is 17.9 Å². The van der Waals surface area contributed by atoms with Crippen LogP contribution >= 0.6 is 0 Å². The summed E-state index contributed by atoms with van der Waals surface area (Å²) in [4.78, 5) is 37.2. The molecule has 0 saturated heterocycles. The number of carboxylic acids is 1. The molecule has 0 fully saturated rings. The summed E-state index contributed by atoms with van der Waals surface area (Å²) < 4.78 is 22.8. The van der Waals surface area contributed by atoms with Crippen LogP contribution in [-0.4, -0.2) is 87.4 Å². The van der Waals surface area contributed by atoms with Gasteiger partial charge in [0.25, 0.3) is 6.29 Å². The first-order chi connectivity index (χ1) is 30.1. The van der Waals surface area contributed by atoms with Crippen molar-refractivity contribution >= 4 is 17.9 Å². The van der Waals surface area contributed by atoms with Crippen molar-refractivity contribution in [3.63, 3.8) is 0 Å². The van der Waals surface area contributed by atoms with E-state index in [-0.39, 0.29) is 38.6 Å². The molecule has 358 valence electrons. The van der Waals surface area contributed by atoms with Crippen molar-refractivity contribution in [2.75, 3.05) is 47.5 Å². The van der Waals surface area contributed by atoms with Crippen molar-refractivity contribution in [2.45, 2.75) is 212 Å². The topological polar surface area (TPSA) is 108 Å². The summed E-state index contributed by atoms with van der Waals surface area (Å²) in [6.07, 6.45) is 51.3. The van der Waals surface area contributed by atoms with E-state index in [0.717, 1.165) is 89.9 Å². The number of unbranched alkanes of at least 4 members (excludes halogenated alkanes) is 20. The van der Waals surface area contributed by atoms with Crippen LogP contribution in [0.2, 0.25) is 0 Å². The number of rotatable bonds is 45. The zero-order chi connectivity index (χ0) is 45.6. The smallest absolute Gasteiger partial charge is 0.361 e. The number of carbonyl (C=O) groups excluding carboxylic acids is 2. The number of likely N-dealkylation sites (N-methyl/N-ethyl adjacent to an activating group) is 1. The van der Waals surface area contributed by atoms with Gasteiger partial charge in [-0.25, -0.2) is 4.79 Å². The third kappa shape index (κ3) is 45.0. The lowest BCUT2D eigenvalue weighted by atomic mass is 10.1. The third-order valence-electron chi connectivity index (χ3n) is 10.5. The van der Waals surface area contributed by atoms with E-state index in [2.05, 4.69) is 74.6 Å². The minimum Gasteiger partial charge on any atom is -0.477 e. The molecule has 0 aliphatic rings. The predicted molar refractivity (Wildman–Crippen MR) is 258 cm³/mol. The van der Waals surface area contributed by atoms with Gasteiger partial charge in [0.2, 0.25) is 0 Å². The minimum atomic E-state index is -1.51. The number of carbonyl (C=O) groups is 3. The Morgan fingerprint density at radius 2 is 0.919 bits per heavy atom. The van der Waals surface area contributed by atoms with Gasteiger partial charge in [0.15, 0.2) is 6.10 Å². The second kappa shape index (κ2) is 44.6. The summed E-state index contributed by atoms with van der Waals surface area (Å²) in [6.45, 7) is 4.74. The summed E-state index contributed by atoms with van der Waals surface area (Å²) in [6, 6.07) is 0. The molecule has 0 rings (SSSR count). The lowest BCUT2D eigenvalue weighted by Gasteiger charge is -2.25. The summed E-state index contributed by atoms with van der Waals surface area (Å²) in [5, 5.41) is 9.66. The molecule has 0 aromatic heterocycles. The zero-order valence-corrected chi connectivity index (χ0v) is 40.5. The average Bonchev–Trinajstić information content (AvgIpc) is 3.23. The zero-order valence-electron chi connectivity index (χ0n) is 40.5. The SMILES string of the molecule is CC/C=C\C/C=C\C/C=C\C/C=C\CCCCCCCCCCC(=O)OC(COC(=O)CCCCCCC/C=C\CCCCCCCCC)COC(OCC[N+](C)(C)C)C(=O)O. The molecule has 0 heterocycles. The van der Waals surface area contributed by atoms with Crippen LogP contribution in [0.4, 0.5) is 0 Å². The molecular formula is C53H94NO8+. The van der Waals surface area contributed by atoms with Crippen molar-refractivity contribution < 1.29 is 42.9 Å². The Balaban J connectivity index is 4.39. The molecular weight excluding hydrogens is 779 g/mol. The number of hydrogen-bond acceptors (Lipinski definition) is 7. The number of ether oxygens (including phenoxy) is 4. The van der Waals surface area contributed by atoms with Gasteiger partial charge in [-0.05, 0) is 77.0 Å². The fourth-order valence-electron chi connectivity index (χ4n) is 6.64. The molecule has 0 aliphatic carbocycles. The highest BCUT2D eigenvalue weighted by Gasteiger charge is 2.25. The highest BCUT2D eigenvalue weighted by molar-refractivity contribution is 5.71. The van der Waals surface area contributed by atoms with Crippen LogP contribution in [0.25, 0.3) is 0 Å². The Bertz CT molecular complexity index is 1200. The normalized spacial score (nSPS) is 13.4. The molecule has 0 radical (unpaired) electrons. The van der Waals surface area contributed by atoms with E-state index in [9.17, 15) is 19.5 Å². The van der Waals surface area contributed by atoms with Gasteiger partial charge < -0.3 is 28.5 Å². The van der Waals surface area contributed by atoms with E-state index in [1.54, 1.807) is 0 Å². The van der Waals surface area contributed by atoms with Crippen molar-refractivity contribution in [3.05, 3.63) is 60.8 Å². The maximum absolute atomic E-state index is 12.8. The Hall–Kier alpha value is -3.01. The molecule has 2 atom stereocenters. The highest BCUT2D eigenvalue weighted by Crippen LogP contribution is 2.14. The Morgan fingerprint density at radius 3 is 1.39 bits per heavy atom. The standard InChI is InChI=1S/C53H93NO8/c1-6-8-10-12-14-16-18-20-22-24-25-26-27-28-30-32-34-36-38-40-42-44-51(56)62-49(48-61-53(52(57)58)59-46-45-54(3,4)5)47-60-50(55)43-41-39-37-35-33-31-29-23-21-19-17-15-13-11-9-7-2/h8,10,14,16,20,22-23,25-26,29,49,53H,6-7,9,11-13,15,17-19,21,24,27-28,30-48H2,1-5H3/p+1/b10-8-,16-14-,22-20-,26-25-,29-23-. The first-order valence-corrected chi connectivity index (χ1v) is 25.0. The number of quaternary nitrogens is 1. The molecule has 9 nitrogen and oxygen atoms in total. The van der Waals surface area contributed by atoms with Crippen molar-refractivity contribution in [3.8, 4) is 0 Å². The summed E-state index contributed by atoms with van der Waals surface area (Å²) in [5.41, 5.74) is 0. The first-order valence-electron chi connectivity index (χ1n) is 25.0. The van der Waals surface area contributed by atoms with E-state index < -0.39 is 24.3 Å². The van der Waals surface area contributed by atoms with Crippen molar-refractivity contribution in [1.82, 2.24) is 0 Å². The van der Waals surface area contributed by atoms with Gasteiger partial charge in [0, 0.05) is 12.8 Å². The molecule has 62 heavy (non-hydrogen) atoms. The number of nitrogens with zero attached hydrogens (tertiary/aromatic N) is 1. The van der Waals surface area contributed by atoms with Crippen LogP contribution in [-0.2, 0) is 33.3 Å². The van der Waals surface area contributed by atoms with Crippen LogP contribution < -0.4 is 0 Å². The fraction of sp³-hybridized carbons (Fsp3) is 0.755. The van der Waals surface area contributed by atoms with E-state index >= 15 is 0 Å². The molecule has 0 aliphatic heterocycles. The van der Waals surface area contributed by atoms with Gasteiger partial charge in [-0.3, -0.25) is 9.59 Å². The van der Waals surface area contributed by atoms with Gasteiger partial charge in [-0.15, -0.1) is 0 Å². The first kappa shape index (κ1) is 59.0. The van der Waals surface area contributed by atoms with Crippen molar-refractivity contribution in [1.29, 1.82) is 0 Å². The highest BCUT2D eigenvalue weighted by atomic mass is 16.7. The monoisotopic (exact) mass is 873 g/mol. The number of carboxylic acid groups (broad SMARTS) is 1. The maximum Gasteiger partial charge on any atom is 0.361 e. The number of hydrogen-bond donors (Lipinski definition) is 1. The maximum atomic E-state index is 12.8. The summed E-state index contributed by atoms with van der Waals surface area (Å²) in [5.74, 6) is -2.03. The van der Waals surface area contributed by atoms with E-state index in [4.69, 9.17) is 18.9 Å². The fourth-order valence-corrected chi connectivity index (χ4v) is 6.64. The molecule has 0 saturated carbocycles. The quantitative estimate of drug-likeness (QED) is 0.0212. The van der Waals surface area contributed by atoms with Crippen molar-refractivity contribution in [2.24, 2.45) is 0 Å². The Labute approximate surface area is 380 Å². The van der Waals surface area contributed by atoms with Gasteiger partial charge in [0.1, 0.15) is 13.2 Å². The number of allylic oxidation sites excluding steroid dienone is 10. The number of aliphatic carboxylic acids is 1. The van der Waals surface area contributed by atoms with Crippen LogP contribution in [0.5, 0.6) is 0 Å². The molecule has 0 bridgehead atoms. The van der Waals surface area contributed by atoms with Gasteiger partial charge in [-0.1, -0.05) is 171 Å². The van der Waals surface area contributed by atoms with Crippen LogP contribution in [0.3, 0.4) is 0 Å². The lowest BCUT2D eigenvalue weighted by molar-refractivity contribution is -0.870. The second-order valence-corrected chi connectivity index (χ2v) is 17.7. The molecule has 0 aromatic rings. The molecule has 0 spiro atoms. The van der Waals surface area contributed by atoms with Crippen LogP contribution in [0.1, 0.15) is 200 Å². The number of esters is 2. The largest absolute Gasteiger partial charge is 0.477 e. The van der Waals surface area contributed by atoms with Crippen LogP contribution in [0.15, 0.2) is 60.8 Å². The molecule has 0 amide bonds. The third-order valence-corrected chi connectivity index (χ3v) is 10.5. The Morgan fingerprint density at radius 1 is 0.500 bits per heavy atom. The lowest BCUT2D eigenvalue weighted by Crippen LogP contribution is -2.40. The summed E-state index contributed by atoms with van der Waals surface area (Å²) in [7, 11) is 5.95. The average molecular weight is 873 g/mol. The van der Waals surface area contributed by atoms with E-state index in [0.29, 0.717) is 17.4 Å². The van der Waals surface area contributed by atoms with Crippen LogP contribution in [0, 0.1) is 0 Å². The molecule has 1 N–H and O–H groups in total. The molecule has 0 aromatic carbocycles. The predicted octanol–water partition coefficient (Wildman–Crippen LogP) is 13.7. The molecule has 9 heteroatoms.